The highest BCUT2D eigenvalue weighted by Gasteiger charge is 2.58. The maximum absolute atomic E-state index is 13.8. The number of fused-ring (bicyclic) bond motifs is 1. The van der Waals surface area contributed by atoms with Crippen LogP contribution in [0.3, 0.4) is 0 Å². The lowest BCUT2D eigenvalue weighted by molar-refractivity contribution is -0.289. The number of hydrogen-bond acceptors (Lipinski definition) is 5. The highest BCUT2D eigenvalue weighted by atomic mass is 19.4. The molecule has 2 aromatic carbocycles. The summed E-state index contributed by atoms with van der Waals surface area (Å²) < 4.78 is 116. The molecule has 210 valence electrons. The van der Waals surface area contributed by atoms with Gasteiger partial charge in [-0.05, 0) is 42.9 Å². The van der Waals surface area contributed by atoms with Crippen LogP contribution in [0.15, 0.2) is 36.4 Å². The fourth-order valence-corrected chi connectivity index (χ4v) is 2.97. The van der Waals surface area contributed by atoms with E-state index in [0.717, 1.165) is 23.6 Å². The second-order valence-corrected chi connectivity index (χ2v) is 7.67. The predicted octanol–water partition coefficient (Wildman–Crippen LogP) is 5.22. The minimum Gasteiger partial charge on any atom is -0.486 e. The van der Waals surface area contributed by atoms with Crippen LogP contribution in [0, 0.1) is 5.82 Å². The molecule has 38 heavy (non-hydrogen) atoms. The summed E-state index contributed by atoms with van der Waals surface area (Å²) in [4.78, 5) is 8.90. The number of aliphatic carboxylic acids is 1. The predicted molar refractivity (Wildman–Crippen MR) is 119 cm³/mol. The van der Waals surface area contributed by atoms with Crippen molar-refractivity contribution in [2.24, 2.45) is 7.05 Å². The summed E-state index contributed by atoms with van der Waals surface area (Å²) in [6.45, 7) is -0.578. The van der Waals surface area contributed by atoms with Gasteiger partial charge in [-0.1, -0.05) is 6.07 Å². The van der Waals surface area contributed by atoms with E-state index in [1.807, 2.05) is 7.05 Å². The van der Waals surface area contributed by atoms with Gasteiger partial charge in [-0.15, -0.1) is 0 Å². The van der Waals surface area contributed by atoms with Gasteiger partial charge in [0.25, 0.3) is 0 Å². The molecule has 0 saturated carbocycles. The van der Waals surface area contributed by atoms with Gasteiger partial charge in [0.1, 0.15) is 11.6 Å². The van der Waals surface area contributed by atoms with Crippen LogP contribution in [0.25, 0.3) is 22.0 Å². The third kappa shape index (κ3) is 7.66. The van der Waals surface area contributed by atoms with Crippen molar-refractivity contribution in [1.29, 1.82) is 0 Å². The minimum atomic E-state index is -5.75. The van der Waals surface area contributed by atoms with Crippen LogP contribution >= 0.6 is 0 Å². The number of halogens is 9. The topological polar surface area (TPSA) is 88.4 Å². The van der Waals surface area contributed by atoms with E-state index in [4.69, 9.17) is 14.6 Å². The summed E-state index contributed by atoms with van der Waals surface area (Å²) in [5.74, 6) is -8.16. The molecule has 0 aliphatic heterocycles. The average molecular weight is 560 g/mol. The zero-order chi connectivity index (χ0) is 28.9. The largest absolute Gasteiger partial charge is 0.490 e. The Morgan fingerprint density at radius 3 is 2.21 bits per heavy atom. The van der Waals surface area contributed by atoms with Gasteiger partial charge in [0.05, 0.1) is 5.52 Å². The molecule has 0 bridgehead atoms. The van der Waals surface area contributed by atoms with Crippen LogP contribution in [0.5, 0.6) is 5.75 Å². The zero-order valence-corrected chi connectivity index (χ0v) is 19.6. The van der Waals surface area contributed by atoms with E-state index in [1.165, 1.54) is 0 Å². The summed E-state index contributed by atoms with van der Waals surface area (Å²) in [6, 6.07) is 7.90. The third-order valence-electron chi connectivity index (χ3n) is 4.84. The van der Waals surface area contributed by atoms with E-state index in [9.17, 15) is 39.5 Å². The molecule has 0 aliphatic rings. The molecule has 0 aliphatic carbocycles. The molecule has 7 nitrogen and oxygen atoms in total. The molecule has 0 radical (unpaired) electrons. The van der Waals surface area contributed by atoms with Crippen molar-refractivity contribution in [3.05, 3.63) is 42.2 Å². The van der Waals surface area contributed by atoms with Crippen molar-refractivity contribution in [3.63, 3.8) is 0 Å². The van der Waals surface area contributed by atoms with Gasteiger partial charge in [0.2, 0.25) is 0 Å². The van der Waals surface area contributed by atoms with Crippen LogP contribution in [0.2, 0.25) is 0 Å². The number of nitrogens with one attached hydrogen (secondary N) is 2. The molecule has 1 heterocycles. The molecular formula is C22H21F9N4O3. The van der Waals surface area contributed by atoms with E-state index in [-0.39, 0.29) is 11.3 Å². The lowest BCUT2D eigenvalue weighted by atomic mass is 10.0. The van der Waals surface area contributed by atoms with Crippen LogP contribution in [0.4, 0.5) is 45.3 Å². The molecule has 16 heteroatoms. The first kappa shape index (κ1) is 30.5. The zero-order valence-electron chi connectivity index (χ0n) is 19.6. The molecule has 3 rings (SSSR count). The van der Waals surface area contributed by atoms with Gasteiger partial charge in [-0.3, -0.25) is 4.68 Å². The molecule has 0 spiro atoms. The summed E-state index contributed by atoms with van der Waals surface area (Å²) in [5, 5.41) is 18.4. The number of nitrogens with zero attached hydrogens (tertiary/aromatic N) is 2. The number of rotatable bonds is 8. The fraction of sp³-hybridized carbons (Fsp3) is 0.364. The lowest BCUT2D eigenvalue weighted by Gasteiger charge is -2.21. The normalized spacial score (nSPS) is 12.2. The number of benzene rings is 2. The first-order valence-corrected chi connectivity index (χ1v) is 10.5. The van der Waals surface area contributed by atoms with Crippen LogP contribution in [-0.4, -0.2) is 65.9 Å². The Balaban J connectivity index is 0.000000638. The number of hydrogen-bond donors (Lipinski definition) is 3. The maximum Gasteiger partial charge on any atom is 0.490 e. The minimum absolute atomic E-state index is 0.0470. The summed E-state index contributed by atoms with van der Waals surface area (Å²) in [7, 11) is 3.51. The van der Waals surface area contributed by atoms with Gasteiger partial charge in [-0.25, -0.2) is 9.18 Å². The summed E-state index contributed by atoms with van der Waals surface area (Å²) in [5.41, 5.74) is 1.08. The van der Waals surface area contributed by atoms with Crippen molar-refractivity contribution in [2.45, 2.75) is 18.3 Å². The fourth-order valence-electron chi connectivity index (χ4n) is 2.97. The second-order valence-electron chi connectivity index (χ2n) is 7.67. The second kappa shape index (κ2) is 11.8. The van der Waals surface area contributed by atoms with Gasteiger partial charge in [0, 0.05) is 31.1 Å². The molecule has 0 amide bonds. The number of carboxylic acid groups (broad SMARTS) is 1. The molecule has 1 aromatic heterocycles. The molecule has 0 atom stereocenters. The Hall–Kier alpha value is -3.69. The number of likely N-dealkylation sites (N-methyl/N-ethyl adjacent to an activating group) is 1. The number of ether oxygens (including phenoxy) is 1. The number of aromatic nitrogens is 2. The van der Waals surface area contributed by atoms with E-state index in [1.54, 1.807) is 29.9 Å². The highest BCUT2D eigenvalue weighted by molar-refractivity contribution is 5.93. The molecular weight excluding hydrogens is 539 g/mol. The molecule has 3 aromatic rings. The Morgan fingerprint density at radius 2 is 1.66 bits per heavy atom. The number of carbonyl (C=O) groups is 1. The Morgan fingerprint density at radius 1 is 1.03 bits per heavy atom. The smallest absolute Gasteiger partial charge is 0.486 e. The highest BCUT2D eigenvalue weighted by Crippen LogP contribution is 2.38. The Bertz CT molecular complexity index is 1260. The molecule has 0 fully saturated rings. The van der Waals surface area contributed by atoms with E-state index in [2.05, 4.69) is 15.7 Å². The first-order chi connectivity index (χ1) is 17.5. The molecule has 0 saturated heterocycles. The standard InChI is InChI=1S/C20H20F6N4O.C2HF3O2/c1-27-7-8-28-18-14-5-3-12(9-16(14)30(2)29-18)15-10-13(21)4-6-17(15)31-11-19(22,23)20(24,25)26;3-2(4,5)1(6)7/h3-6,9-10,27H,7-8,11H2,1-2H3,(H,28,29);(H,6,7). The van der Waals surface area contributed by atoms with Crippen molar-refractivity contribution in [2.75, 3.05) is 32.1 Å². The summed E-state index contributed by atoms with van der Waals surface area (Å²) >= 11 is 0. The Kier molecular flexibility index (Phi) is 9.47. The van der Waals surface area contributed by atoms with Gasteiger partial charge in [-0.2, -0.15) is 40.2 Å². The molecule has 3 N–H and O–H groups in total. The van der Waals surface area contributed by atoms with E-state index < -0.39 is 36.7 Å². The van der Waals surface area contributed by atoms with Gasteiger partial charge in [0.15, 0.2) is 12.4 Å². The number of carboxylic acids is 1. The van der Waals surface area contributed by atoms with Crippen LogP contribution in [-0.2, 0) is 11.8 Å². The van der Waals surface area contributed by atoms with Crippen LogP contribution < -0.4 is 15.4 Å². The monoisotopic (exact) mass is 560 g/mol. The third-order valence-corrected chi connectivity index (χ3v) is 4.84. The van der Waals surface area contributed by atoms with E-state index >= 15 is 0 Å². The summed E-state index contributed by atoms with van der Waals surface area (Å²) in [6.07, 6.45) is -10.8. The van der Waals surface area contributed by atoms with Crippen molar-refractivity contribution in [3.8, 4) is 16.9 Å². The van der Waals surface area contributed by atoms with Crippen LogP contribution in [0.1, 0.15) is 0 Å². The first-order valence-electron chi connectivity index (χ1n) is 10.5. The quantitative estimate of drug-likeness (QED) is 0.259. The van der Waals surface area contributed by atoms with Crippen molar-refractivity contribution in [1.82, 2.24) is 15.1 Å². The molecule has 0 unspecified atom stereocenters. The SMILES string of the molecule is CNCCNc1nn(C)c2cc(-c3cc(F)ccc3OCC(F)(F)C(F)(F)F)ccc12.O=C(O)C(F)(F)F. The Labute approximate surface area is 209 Å². The van der Waals surface area contributed by atoms with E-state index in [0.29, 0.717) is 30.0 Å². The number of aryl methyl sites for hydroxylation is 1. The maximum atomic E-state index is 13.8. The average Bonchev–Trinajstić information content (AvgIpc) is 3.12. The van der Waals surface area contributed by atoms with Gasteiger partial charge < -0.3 is 20.5 Å². The van der Waals surface area contributed by atoms with Crippen molar-refractivity contribution >= 4 is 22.7 Å². The van der Waals surface area contributed by atoms with Gasteiger partial charge >= 0.3 is 24.2 Å². The number of anilines is 1. The van der Waals surface area contributed by atoms with Crippen molar-refractivity contribution < 1.29 is 54.2 Å². The lowest BCUT2D eigenvalue weighted by Crippen LogP contribution is -2.41. The number of alkyl halides is 8.